The van der Waals surface area contributed by atoms with Crippen LogP contribution in [-0.4, -0.2) is 9.13 Å². The second-order valence-electron chi connectivity index (χ2n) is 15.4. The van der Waals surface area contributed by atoms with Crippen LogP contribution in [0, 0.1) is 11.3 Å². The summed E-state index contributed by atoms with van der Waals surface area (Å²) in [7, 11) is 0. The summed E-state index contributed by atoms with van der Waals surface area (Å²) in [5, 5.41) is 14.0. The molecule has 0 aliphatic heterocycles. The molecule has 0 amide bonds. The first-order chi connectivity index (χ1) is 23.0. The molecule has 0 bridgehead atoms. The highest BCUT2D eigenvalue weighted by Gasteiger charge is 2.23. The summed E-state index contributed by atoms with van der Waals surface area (Å²) in [5.41, 5.74) is 13.9. The topological polar surface area (TPSA) is 33.6 Å². The van der Waals surface area contributed by atoms with Gasteiger partial charge in [0, 0.05) is 33.2 Å². The molecule has 2 heterocycles. The first-order valence-electron chi connectivity index (χ1n) is 17.1. The lowest BCUT2D eigenvalue weighted by atomic mass is 9.86. The first kappa shape index (κ1) is 30.0. The molecule has 5 aromatic carbocycles. The summed E-state index contributed by atoms with van der Waals surface area (Å²) < 4.78 is 4.74. The Bertz CT molecular complexity index is 2480. The van der Waals surface area contributed by atoms with Crippen LogP contribution < -0.4 is 0 Å². The van der Waals surface area contributed by atoms with Crippen molar-refractivity contribution in [1.29, 1.82) is 5.26 Å². The normalized spacial score (nSPS) is 13.4. The van der Waals surface area contributed by atoms with E-state index in [0.717, 1.165) is 46.4 Å². The minimum atomic E-state index is 0.0469. The van der Waals surface area contributed by atoms with Gasteiger partial charge in [0.2, 0.25) is 0 Å². The van der Waals surface area contributed by atoms with Gasteiger partial charge < -0.3 is 9.13 Å². The summed E-state index contributed by atoms with van der Waals surface area (Å²) in [6, 6.07) is 40.0. The van der Waals surface area contributed by atoms with E-state index in [9.17, 15) is 5.26 Å². The Hall–Kier alpha value is -5.33. The van der Waals surface area contributed by atoms with Crippen LogP contribution in [0.15, 0.2) is 109 Å². The third kappa shape index (κ3) is 4.87. The Morgan fingerprint density at radius 2 is 1.25 bits per heavy atom. The molecule has 0 N–H and O–H groups in total. The molecule has 0 saturated heterocycles. The number of nitrogens with zero attached hydrogens (tertiary/aromatic N) is 3. The molecular formula is C45H41N3. The maximum Gasteiger partial charge on any atom is 0.0992 e. The number of aromatic nitrogens is 2. The molecule has 2 aromatic heterocycles. The molecule has 0 radical (unpaired) electrons. The Labute approximate surface area is 283 Å². The number of hydrogen-bond donors (Lipinski definition) is 0. The second-order valence-corrected chi connectivity index (χ2v) is 15.4. The van der Waals surface area contributed by atoms with Crippen molar-refractivity contribution in [2.24, 2.45) is 0 Å². The van der Waals surface area contributed by atoms with Crippen molar-refractivity contribution in [3.63, 3.8) is 0 Å². The lowest BCUT2D eigenvalue weighted by Crippen LogP contribution is -2.10. The number of allylic oxidation sites excluding steroid dienone is 1. The first-order valence-corrected chi connectivity index (χ1v) is 17.1. The molecule has 3 nitrogen and oxygen atoms in total. The van der Waals surface area contributed by atoms with Crippen molar-refractivity contribution < 1.29 is 0 Å². The quantitative estimate of drug-likeness (QED) is 0.193. The van der Waals surface area contributed by atoms with Crippen LogP contribution in [0.25, 0.3) is 61.3 Å². The van der Waals surface area contributed by atoms with Crippen molar-refractivity contribution in [2.75, 3.05) is 0 Å². The monoisotopic (exact) mass is 623 g/mol. The van der Waals surface area contributed by atoms with Crippen LogP contribution in [0.5, 0.6) is 0 Å². The fourth-order valence-electron chi connectivity index (χ4n) is 7.49. The van der Waals surface area contributed by atoms with Crippen molar-refractivity contribution in [3.05, 3.63) is 137 Å². The van der Waals surface area contributed by atoms with Gasteiger partial charge in [-0.15, -0.1) is 0 Å². The fourth-order valence-corrected chi connectivity index (χ4v) is 7.49. The van der Waals surface area contributed by atoms with Gasteiger partial charge >= 0.3 is 0 Å². The Morgan fingerprint density at radius 3 is 1.98 bits per heavy atom. The highest BCUT2D eigenvalue weighted by Crippen LogP contribution is 2.39. The molecule has 7 aromatic rings. The zero-order chi connectivity index (χ0) is 33.4. The number of nitriles is 1. The highest BCUT2D eigenvalue weighted by atomic mass is 15.0. The van der Waals surface area contributed by atoms with Crippen molar-refractivity contribution in [3.8, 4) is 28.6 Å². The minimum absolute atomic E-state index is 0.0469. The molecule has 0 saturated carbocycles. The van der Waals surface area contributed by atoms with E-state index in [1.807, 2.05) is 12.1 Å². The number of benzene rings is 5. The van der Waals surface area contributed by atoms with E-state index in [2.05, 4.69) is 160 Å². The Balaban J connectivity index is 1.31. The molecule has 3 heteroatoms. The minimum Gasteiger partial charge on any atom is -0.310 e. The number of rotatable bonds is 3. The van der Waals surface area contributed by atoms with Gasteiger partial charge in [0.25, 0.3) is 0 Å². The van der Waals surface area contributed by atoms with Crippen LogP contribution >= 0.6 is 0 Å². The predicted octanol–water partition coefficient (Wildman–Crippen LogP) is 11.8. The summed E-state index contributed by atoms with van der Waals surface area (Å²) in [6.07, 6.45) is 6.71. The number of fused-ring (bicyclic) bond motifs is 6. The zero-order valence-corrected chi connectivity index (χ0v) is 28.7. The average Bonchev–Trinajstić information content (AvgIpc) is 3.59. The van der Waals surface area contributed by atoms with Crippen LogP contribution in [0.3, 0.4) is 0 Å². The maximum atomic E-state index is 10.2. The highest BCUT2D eigenvalue weighted by molar-refractivity contribution is 6.09. The SMILES string of the molecule is CC(C)(C)c1ccc2c(c1)c1c(n2-c2cccc(-c3cc(C#N)cc(-n4c5ccccc5c5cc(C(C)(C)C)ccc54)c3)c2)C=CCC1. The third-order valence-corrected chi connectivity index (χ3v) is 10.1. The molecular weight excluding hydrogens is 583 g/mol. The number of aryl methyl sites for hydroxylation is 1. The van der Waals surface area contributed by atoms with Crippen LogP contribution in [0.4, 0.5) is 0 Å². The van der Waals surface area contributed by atoms with Crippen LogP contribution in [0.1, 0.15) is 75.9 Å². The van der Waals surface area contributed by atoms with Gasteiger partial charge in [-0.25, -0.2) is 0 Å². The van der Waals surface area contributed by atoms with Crippen LogP contribution in [0.2, 0.25) is 0 Å². The average molecular weight is 624 g/mol. The van der Waals surface area contributed by atoms with Crippen LogP contribution in [-0.2, 0) is 17.3 Å². The molecule has 0 spiro atoms. The summed E-state index contributed by atoms with van der Waals surface area (Å²) in [4.78, 5) is 0. The summed E-state index contributed by atoms with van der Waals surface area (Å²) >= 11 is 0. The molecule has 0 unspecified atom stereocenters. The molecule has 0 atom stereocenters. The van der Waals surface area contributed by atoms with Gasteiger partial charge in [0.15, 0.2) is 0 Å². The largest absolute Gasteiger partial charge is 0.310 e. The lowest BCUT2D eigenvalue weighted by Gasteiger charge is -2.19. The molecule has 48 heavy (non-hydrogen) atoms. The smallest absolute Gasteiger partial charge is 0.0992 e. The van der Waals surface area contributed by atoms with Gasteiger partial charge in [0.1, 0.15) is 0 Å². The van der Waals surface area contributed by atoms with Crippen molar-refractivity contribution in [2.45, 2.75) is 65.2 Å². The number of para-hydroxylation sites is 1. The third-order valence-electron chi connectivity index (χ3n) is 10.1. The molecule has 8 rings (SSSR count). The van der Waals surface area contributed by atoms with Gasteiger partial charge in [-0.05, 0) is 118 Å². The van der Waals surface area contributed by atoms with Gasteiger partial charge in [0.05, 0.1) is 28.2 Å². The van der Waals surface area contributed by atoms with Crippen molar-refractivity contribution >= 4 is 38.8 Å². The predicted molar refractivity (Wildman–Crippen MR) is 203 cm³/mol. The van der Waals surface area contributed by atoms with E-state index in [4.69, 9.17) is 0 Å². The van der Waals surface area contributed by atoms with E-state index in [0.29, 0.717) is 5.56 Å². The zero-order valence-electron chi connectivity index (χ0n) is 28.7. The van der Waals surface area contributed by atoms with E-state index in [-0.39, 0.29) is 10.8 Å². The molecule has 236 valence electrons. The van der Waals surface area contributed by atoms with E-state index < -0.39 is 0 Å². The second kappa shape index (κ2) is 10.9. The Kier molecular flexibility index (Phi) is 6.79. The lowest BCUT2D eigenvalue weighted by molar-refractivity contribution is 0.591. The molecule has 1 aliphatic rings. The standard InChI is InChI=1S/C45H41N3/c1-44(2,3)32-18-20-42-38(26-32)36-14-7-9-16-40(36)47(42)34-13-11-12-30(24-34)31-22-29(28-46)23-35(25-31)48-41-17-10-8-15-37(41)39-27-33(45(4,5)6)19-21-43(39)48/h8-13,15-27H,7,14H2,1-6H3. The molecule has 1 aliphatic carbocycles. The van der Waals surface area contributed by atoms with E-state index in [1.165, 1.54) is 44.1 Å². The summed E-state index contributed by atoms with van der Waals surface area (Å²) in [6.45, 7) is 13.6. The summed E-state index contributed by atoms with van der Waals surface area (Å²) in [5.74, 6) is 0. The van der Waals surface area contributed by atoms with E-state index >= 15 is 0 Å². The number of hydrogen-bond acceptors (Lipinski definition) is 1. The maximum absolute atomic E-state index is 10.2. The fraction of sp³-hybridized carbons (Fsp3) is 0.222. The Morgan fingerprint density at radius 1 is 0.583 bits per heavy atom. The van der Waals surface area contributed by atoms with Gasteiger partial charge in [-0.2, -0.15) is 5.26 Å². The van der Waals surface area contributed by atoms with Gasteiger partial charge in [-0.3, -0.25) is 0 Å². The molecule has 0 fully saturated rings. The van der Waals surface area contributed by atoms with E-state index in [1.54, 1.807) is 0 Å². The van der Waals surface area contributed by atoms with Gasteiger partial charge in [-0.1, -0.05) is 90.1 Å². The van der Waals surface area contributed by atoms with Crippen molar-refractivity contribution in [1.82, 2.24) is 9.13 Å².